The first-order valence-electron chi connectivity index (χ1n) is 7.68. The highest BCUT2D eigenvalue weighted by molar-refractivity contribution is 7.99. The summed E-state index contributed by atoms with van der Waals surface area (Å²) >= 11 is 1.70. The van der Waals surface area contributed by atoms with Crippen molar-refractivity contribution in [3.63, 3.8) is 0 Å². The fourth-order valence-corrected chi connectivity index (χ4v) is 3.99. The highest BCUT2D eigenvalue weighted by Crippen LogP contribution is 2.34. The summed E-state index contributed by atoms with van der Waals surface area (Å²) in [6, 6.07) is 1.89. The number of aryl methyl sites for hydroxylation is 1. The van der Waals surface area contributed by atoms with Gasteiger partial charge >= 0.3 is 0 Å². The summed E-state index contributed by atoms with van der Waals surface area (Å²) in [5.74, 6) is 2.63. The lowest BCUT2D eigenvalue weighted by Crippen LogP contribution is -2.16. The van der Waals surface area contributed by atoms with Crippen LogP contribution >= 0.6 is 11.8 Å². The number of thioether (sulfide) groups is 1. The van der Waals surface area contributed by atoms with Crippen LogP contribution in [0, 0.1) is 0 Å². The van der Waals surface area contributed by atoms with E-state index in [0.29, 0.717) is 25.5 Å². The molecule has 2 N–H and O–H groups in total. The van der Waals surface area contributed by atoms with Gasteiger partial charge in [0.15, 0.2) is 17.1 Å². The van der Waals surface area contributed by atoms with Crippen molar-refractivity contribution in [2.75, 3.05) is 24.7 Å². The number of fused-ring (bicyclic) bond motifs is 1. The summed E-state index contributed by atoms with van der Waals surface area (Å²) < 4.78 is 13.0. The SMILES string of the molecule is Nc1nc2c3c(nn(Cc4cc5c(cn4)OCCO5)c3n1)CCS2. The van der Waals surface area contributed by atoms with E-state index >= 15 is 0 Å². The molecule has 2 aliphatic rings. The van der Waals surface area contributed by atoms with Crippen LogP contribution in [0.1, 0.15) is 11.4 Å². The van der Waals surface area contributed by atoms with Crippen LogP contribution in [0.4, 0.5) is 5.95 Å². The average Bonchev–Trinajstić information content (AvgIpc) is 2.93. The van der Waals surface area contributed by atoms with Gasteiger partial charge in [0.05, 0.1) is 29.5 Å². The Kier molecular flexibility index (Phi) is 3.02. The van der Waals surface area contributed by atoms with Crippen molar-refractivity contribution >= 4 is 28.7 Å². The van der Waals surface area contributed by atoms with E-state index in [1.807, 2.05) is 10.7 Å². The van der Waals surface area contributed by atoms with Gasteiger partial charge in [0.1, 0.15) is 18.2 Å². The molecule has 0 fully saturated rings. The molecule has 0 aliphatic carbocycles. The number of anilines is 1. The van der Waals surface area contributed by atoms with E-state index in [0.717, 1.165) is 45.4 Å². The molecular formula is C15H14N6O2S. The number of rotatable bonds is 2. The molecule has 0 bridgehead atoms. The highest BCUT2D eigenvalue weighted by atomic mass is 32.2. The standard InChI is InChI=1S/C15H14N6O2S/c16-15-18-13-12-9(1-4-24-14(12)19-15)20-21(13)7-8-5-10-11(6-17-8)23-3-2-22-10/h5-6H,1-4,7H2,(H2,16,18,19). The Hall–Kier alpha value is -2.55. The zero-order chi connectivity index (χ0) is 16.1. The summed E-state index contributed by atoms with van der Waals surface area (Å²) in [5, 5.41) is 6.63. The molecule has 2 aliphatic heterocycles. The zero-order valence-corrected chi connectivity index (χ0v) is 13.5. The number of aromatic nitrogens is 5. The third-order valence-electron chi connectivity index (χ3n) is 4.02. The molecular weight excluding hydrogens is 328 g/mol. The van der Waals surface area contributed by atoms with Crippen molar-refractivity contribution in [1.29, 1.82) is 0 Å². The predicted octanol–water partition coefficient (Wildman–Crippen LogP) is 1.27. The number of pyridine rings is 1. The van der Waals surface area contributed by atoms with Crippen molar-refractivity contribution in [3.8, 4) is 11.5 Å². The molecule has 3 aromatic heterocycles. The predicted molar refractivity (Wildman–Crippen MR) is 88.5 cm³/mol. The second kappa shape index (κ2) is 5.23. The number of ether oxygens (including phenoxy) is 2. The molecule has 0 saturated carbocycles. The van der Waals surface area contributed by atoms with Crippen molar-refractivity contribution in [2.24, 2.45) is 0 Å². The summed E-state index contributed by atoms with van der Waals surface area (Å²) in [6.45, 7) is 1.60. The lowest BCUT2D eigenvalue weighted by molar-refractivity contribution is 0.170. The third kappa shape index (κ3) is 2.15. The van der Waals surface area contributed by atoms with Gasteiger partial charge in [-0.2, -0.15) is 10.1 Å². The smallest absolute Gasteiger partial charge is 0.223 e. The Morgan fingerprint density at radius 1 is 1.21 bits per heavy atom. The monoisotopic (exact) mass is 342 g/mol. The van der Waals surface area contributed by atoms with Gasteiger partial charge in [-0.25, -0.2) is 9.67 Å². The van der Waals surface area contributed by atoms with E-state index in [4.69, 9.17) is 20.3 Å². The van der Waals surface area contributed by atoms with E-state index in [-0.39, 0.29) is 5.95 Å². The maximum Gasteiger partial charge on any atom is 0.223 e. The molecule has 5 heterocycles. The molecule has 0 radical (unpaired) electrons. The highest BCUT2D eigenvalue weighted by Gasteiger charge is 2.22. The van der Waals surface area contributed by atoms with Gasteiger partial charge in [0, 0.05) is 18.2 Å². The van der Waals surface area contributed by atoms with Crippen LogP contribution in [0.25, 0.3) is 11.0 Å². The molecule has 9 heteroatoms. The lowest BCUT2D eigenvalue weighted by atomic mass is 10.2. The molecule has 0 aromatic carbocycles. The summed E-state index contributed by atoms with van der Waals surface area (Å²) in [5.41, 5.74) is 8.48. The lowest BCUT2D eigenvalue weighted by Gasteiger charge is -2.18. The van der Waals surface area contributed by atoms with Crippen molar-refractivity contribution in [3.05, 3.63) is 23.7 Å². The first-order valence-corrected chi connectivity index (χ1v) is 8.67. The van der Waals surface area contributed by atoms with Crippen LogP contribution in [0.2, 0.25) is 0 Å². The van der Waals surface area contributed by atoms with Gasteiger partial charge in [-0.3, -0.25) is 4.98 Å². The molecule has 24 heavy (non-hydrogen) atoms. The van der Waals surface area contributed by atoms with Crippen molar-refractivity contribution < 1.29 is 9.47 Å². The normalized spacial score (nSPS) is 15.7. The van der Waals surface area contributed by atoms with E-state index in [1.54, 1.807) is 18.0 Å². The maximum atomic E-state index is 5.86. The molecule has 122 valence electrons. The first-order chi connectivity index (χ1) is 11.8. The van der Waals surface area contributed by atoms with Gasteiger partial charge < -0.3 is 15.2 Å². The average molecular weight is 342 g/mol. The van der Waals surface area contributed by atoms with E-state index in [9.17, 15) is 0 Å². The largest absolute Gasteiger partial charge is 0.486 e. The molecule has 3 aromatic rings. The van der Waals surface area contributed by atoms with Gasteiger partial charge in [-0.1, -0.05) is 0 Å². The Labute approximate surface area is 141 Å². The minimum Gasteiger partial charge on any atom is -0.486 e. The van der Waals surface area contributed by atoms with E-state index < -0.39 is 0 Å². The summed E-state index contributed by atoms with van der Waals surface area (Å²) in [7, 11) is 0. The van der Waals surface area contributed by atoms with Crippen LogP contribution in [0.3, 0.4) is 0 Å². The topological polar surface area (TPSA) is 101 Å². The Balaban J connectivity index is 1.58. The number of nitrogens with zero attached hydrogens (tertiary/aromatic N) is 5. The molecule has 0 amide bonds. The third-order valence-corrected chi connectivity index (χ3v) is 5.00. The molecule has 0 unspecified atom stereocenters. The molecule has 0 spiro atoms. The zero-order valence-electron chi connectivity index (χ0n) is 12.7. The fourth-order valence-electron chi connectivity index (χ4n) is 2.99. The van der Waals surface area contributed by atoms with Gasteiger partial charge in [-0.05, 0) is 0 Å². The van der Waals surface area contributed by atoms with Crippen molar-refractivity contribution in [2.45, 2.75) is 18.0 Å². The fraction of sp³-hybridized carbons (Fsp3) is 0.333. The number of nitrogens with two attached hydrogens (primary N) is 1. The minimum absolute atomic E-state index is 0.273. The quantitative estimate of drug-likeness (QED) is 0.695. The molecule has 0 saturated heterocycles. The Bertz CT molecular complexity index is 957. The number of hydrogen-bond acceptors (Lipinski definition) is 8. The second-order valence-corrected chi connectivity index (χ2v) is 6.69. The van der Waals surface area contributed by atoms with Crippen molar-refractivity contribution in [1.82, 2.24) is 24.7 Å². The van der Waals surface area contributed by atoms with Crippen LogP contribution in [-0.2, 0) is 13.0 Å². The molecule has 0 atom stereocenters. The van der Waals surface area contributed by atoms with E-state index in [2.05, 4.69) is 15.0 Å². The van der Waals surface area contributed by atoms with Crippen LogP contribution in [0.5, 0.6) is 11.5 Å². The summed E-state index contributed by atoms with van der Waals surface area (Å²) in [6.07, 6.45) is 2.60. The summed E-state index contributed by atoms with van der Waals surface area (Å²) in [4.78, 5) is 13.2. The van der Waals surface area contributed by atoms with Gasteiger partial charge in [0.25, 0.3) is 0 Å². The molecule has 5 rings (SSSR count). The maximum absolute atomic E-state index is 5.86. The van der Waals surface area contributed by atoms with Gasteiger partial charge in [0.2, 0.25) is 5.95 Å². The van der Waals surface area contributed by atoms with E-state index in [1.165, 1.54) is 0 Å². The van der Waals surface area contributed by atoms with Crippen LogP contribution < -0.4 is 15.2 Å². The number of hydrogen-bond donors (Lipinski definition) is 1. The van der Waals surface area contributed by atoms with Crippen LogP contribution in [-0.4, -0.2) is 43.7 Å². The number of nitrogen functional groups attached to an aromatic ring is 1. The first kappa shape index (κ1) is 13.8. The Morgan fingerprint density at radius 3 is 3.00 bits per heavy atom. The minimum atomic E-state index is 0.273. The Morgan fingerprint density at radius 2 is 2.08 bits per heavy atom. The van der Waals surface area contributed by atoms with Crippen LogP contribution in [0.15, 0.2) is 17.3 Å². The second-order valence-electron chi connectivity index (χ2n) is 5.61. The molecule has 8 nitrogen and oxygen atoms in total. The van der Waals surface area contributed by atoms with Gasteiger partial charge in [-0.15, -0.1) is 11.8 Å².